The molecule has 4 nitrogen and oxygen atoms in total. The second-order valence-corrected chi connectivity index (χ2v) is 4.05. The minimum absolute atomic E-state index is 0. The van der Waals surface area contributed by atoms with Crippen LogP contribution in [0.4, 0.5) is 0 Å². The molecule has 0 bridgehead atoms. The van der Waals surface area contributed by atoms with Crippen molar-refractivity contribution in [2.45, 2.75) is 52.0 Å². The number of hydrogen-bond acceptors (Lipinski definition) is 2. The molecule has 1 aliphatic rings. The number of amides is 1. The number of nitrogens with one attached hydrogen (secondary N) is 1. The molecule has 1 saturated carbocycles. The maximum Gasteiger partial charge on any atom is 0.323 e. The Hall–Kier alpha value is -2.06. The zero-order valence-electron chi connectivity index (χ0n) is 9.74. The number of carbonyl (C=O) groups excluding carboxylic acids is 1. The van der Waals surface area contributed by atoms with Crippen LogP contribution in [0, 0.1) is 5.92 Å². The molecule has 0 heterocycles. The molecular weight excluding hydrogens is 451 g/mol. The minimum Gasteiger partial charge on any atom is -0.520 e. The van der Waals surface area contributed by atoms with Crippen molar-refractivity contribution in [3.8, 4) is 0 Å². The summed E-state index contributed by atoms with van der Waals surface area (Å²) in [6.07, 6.45) is 8.71. The van der Waals surface area contributed by atoms with Gasteiger partial charge in [0.1, 0.15) is 0 Å². The summed E-state index contributed by atoms with van der Waals surface area (Å²) >= 11 is 0. The molecular formula is C11H20FmNO3-. The Kier molecular flexibility index (Phi) is 9.71. The fraction of sp³-hybridized carbons (Fsp3) is 0.818. The van der Waals surface area contributed by atoms with E-state index < -0.39 is 12.0 Å². The molecule has 0 aromatic carbocycles. The van der Waals surface area contributed by atoms with Crippen molar-refractivity contribution in [3.63, 3.8) is 0 Å². The monoisotopic (exact) mass is 471 g/mol. The van der Waals surface area contributed by atoms with Crippen LogP contribution >= 0.6 is 0 Å². The van der Waals surface area contributed by atoms with Crippen LogP contribution in [0.3, 0.4) is 0 Å². The van der Waals surface area contributed by atoms with Gasteiger partial charge in [0, 0.05) is 0 Å². The third-order valence-corrected chi connectivity index (χ3v) is 2.54. The van der Waals surface area contributed by atoms with Gasteiger partial charge in [-0.05, 0) is 12.8 Å². The minimum atomic E-state index is -1.06. The van der Waals surface area contributed by atoms with Gasteiger partial charge in [0.15, 0.2) is 0 Å². The first kappa shape index (κ1) is 16.4. The number of carbonyl (C=O) groups is 1. The quantitative estimate of drug-likeness (QED) is 0.487. The molecule has 5 heteroatoms. The first-order chi connectivity index (χ1) is 7.07. The number of rotatable bonds is 3. The zero-order chi connectivity index (χ0) is 11.7. The number of aliphatic carboxylic acids is 1. The number of carboxylic acid groups (broad SMARTS) is 1. The predicted molar refractivity (Wildman–Crippen MR) is 58.2 cm³/mol. The van der Waals surface area contributed by atoms with Gasteiger partial charge < -0.3 is 15.2 Å². The molecule has 100 valence electrons. The van der Waals surface area contributed by atoms with Crippen LogP contribution in [0.5, 0.6) is 0 Å². The molecule has 1 rings (SSSR count). The van der Waals surface area contributed by atoms with Gasteiger partial charge in [-0.2, -0.15) is 6.41 Å². The zero-order valence-corrected chi connectivity index (χ0v) is 12.1. The molecule has 16 heavy (non-hydrogen) atoms. The van der Waals surface area contributed by atoms with E-state index in [1.165, 1.54) is 45.4 Å². The molecule has 0 aromatic rings. The number of hydrogen-bond donors (Lipinski definition) is 2. The first-order valence-corrected chi connectivity index (χ1v) is 5.43. The molecule has 1 fully saturated rings. The summed E-state index contributed by atoms with van der Waals surface area (Å²) in [5.41, 5.74) is 0. The Labute approximate surface area is 91.1 Å². The van der Waals surface area contributed by atoms with E-state index in [9.17, 15) is 9.59 Å². The van der Waals surface area contributed by atoms with Crippen LogP contribution in [0.25, 0.3) is 0 Å². The van der Waals surface area contributed by atoms with E-state index in [1.54, 1.807) is 0 Å². The Bertz CT molecular complexity index is 194. The molecule has 0 spiro atoms. The summed E-state index contributed by atoms with van der Waals surface area (Å²) in [7, 11) is 0. The molecule has 1 atom stereocenters. The summed E-state index contributed by atoms with van der Waals surface area (Å²) in [5.74, 6) is -0.0258. The van der Waals surface area contributed by atoms with Gasteiger partial charge in [-0.1, -0.05) is 39.0 Å². The second-order valence-electron chi connectivity index (χ2n) is 4.05. The van der Waals surface area contributed by atoms with E-state index in [4.69, 9.17) is 5.11 Å². The van der Waals surface area contributed by atoms with Crippen molar-refractivity contribution < 1.29 is 14.7 Å². The van der Waals surface area contributed by atoms with Crippen molar-refractivity contribution in [1.82, 2.24) is 5.32 Å². The average molecular weight is 471 g/mol. The molecule has 0 aromatic heterocycles. The average Bonchev–Trinajstić information content (AvgIpc) is 2.20. The van der Waals surface area contributed by atoms with Gasteiger partial charge in [0.2, 0.25) is 0 Å². The Morgan fingerprint density at radius 1 is 1.38 bits per heavy atom. The standard InChI is InChI=1S/C7H14.C4H6NO3.Fm/c1-7-5-3-2-4-6-7;1-3(4(7)8)5-2-6;/h7H,2-6H2,1H3;3H,1H3,(H,5,6)(H,7,8);/q;-1;. The summed E-state index contributed by atoms with van der Waals surface area (Å²) in [6, 6.07) is -0.840. The van der Waals surface area contributed by atoms with Crippen LogP contribution in [-0.4, -0.2) is 23.5 Å². The van der Waals surface area contributed by atoms with E-state index >= 15 is 0 Å². The van der Waals surface area contributed by atoms with Gasteiger partial charge in [-0.3, -0.25) is 4.79 Å². The SMILES string of the molecule is CC(N[C-]=O)C(=O)O.CC1CCCCC1.[Fm]. The Morgan fingerprint density at radius 3 is 2.06 bits per heavy atom. The molecule has 1 unspecified atom stereocenters. The van der Waals surface area contributed by atoms with Gasteiger partial charge in [-0.25, -0.2) is 0 Å². The summed E-state index contributed by atoms with van der Waals surface area (Å²) in [4.78, 5) is 19.3. The summed E-state index contributed by atoms with van der Waals surface area (Å²) < 4.78 is 0. The molecule has 1 amide bonds. The predicted octanol–water partition coefficient (Wildman–Crippen LogP) is 1.70. The third-order valence-electron chi connectivity index (χ3n) is 2.54. The Morgan fingerprint density at radius 2 is 1.88 bits per heavy atom. The molecule has 0 aliphatic heterocycles. The van der Waals surface area contributed by atoms with E-state index in [0.717, 1.165) is 5.92 Å². The van der Waals surface area contributed by atoms with E-state index in [-0.39, 0.29) is 0 Å². The van der Waals surface area contributed by atoms with E-state index in [0.29, 0.717) is 0 Å². The van der Waals surface area contributed by atoms with Gasteiger partial charge >= 0.3 is 5.97 Å². The smallest absolute Gasteiger partial charge is 0.323 e. The van der Waals surface area contributed by atoms with Crippen LogP contribution in [0.1, 0.15) is 46.0 Å². The largest absolute Gasteiger partial charge is 0.520 e. The van der Waals surface area contributed by atoms with Gasteiger partial charge in [0.25, 0.3) is 0 Å². The van der Waals surface area contributed by atoms with Crippen molar-refractivity contribution >= 4 is 12.4 Å². The van der Waals surface area contributed by atoms with Crippen molar-refractivity contribution in [3.05, 3.63) is 0 Å². The van der Waals surface area contributed by atoms with Crippen LogP contribution in [0.15, 0.2) is 0 Å². The molecule has 0 radical (unpaired) electrons. The molecule has 0 saturated heterocycles. The summed E-state index contributed by atoms with van der Waals surface area (Å²) in [6.45, 7) is 3.71. The maximum absolute atomic E-state index is 9.85. The van der Waals surface area contributed by atoms with E-state index in [1.807, 2.05) is 5.32 Å². The van der Waals surface area contributed by atoms with Crippen LogP contribution in [-0.2, 0) is 9.59 Å². The maximum atomic E-state index is 9.85. The molecule has 2 N–H and O–H groups in total. The number of carboxylic acids is 1. The Balaban J connectivity index is 0. The van der Waals surface area contributed by atoms with Crippen molar-refractivity contribution in [2.75, 3.05) is 0 Å². The first-order valence-electron chi connectivity index (χ1n) is 5.43. The van der Waals surface area contributed by atoms with Crippen molar-refractivity contribution in [2.24, 2.45) is 5.92 Å². The van der Waals surface area contributed by atoms with Crippen LogP contribution < -0.4 is 5.32 Å². The molecule has 1 aliphatic carbocycles. The fourth-order valence-corrected chi connectivity index (χ4v) is 1.46. The topological polar surface area (TPSA) is 66.4 Å². The normalized spacial score (nSPS) is 17.1. The van der Waals surface area contributed by atoms with Crippen LogP contribution in [0.2, 0.25) is 0 Å². The van der Waals surface area contributed by atoms with Crippen molar-refractivity contribution in [1.29, 1.82) is 0 Å². The third kappa shape index (κ3) is 8.53. The fourth-order valence-electron chi connectivity index (χ4n) is 1.46. The summed E-state index contributed by atoms with van der Waals surface area (Å²) in [5, 5.41) is 10.0. The van der Waals surface area contributed by atoms with Gasteiger partial charge in [-0.15, -0.1) is 0 Å². The van der Waals surface area contributed by atoms with E-state index in [2.05, 4.69) is 6.92 Å². The second kappa shape index (κ2) is 9.49. The van der Waals surface area contributed by atoms with Gasteiger partial charge in [0.05, 0.1) is 6.04 Å².